The Morgan fingerprint density at radius 1 is 1.20 bits per heavy atom. The molecule has 3 atom stereocenters. The number of ether oxygens (including phenoxy) is 2. The summed E-state index contributed by atoms with van der Waals surface area (Å²) in [7, 11) is 1.42. The van der Waals surface area contributed by atoms with Gasteiger partial charge in [-0.3, -0.25) is 9.80 Å². The zero-order valence-electron chi connectivity index (χ0n) is 15.6. The molecule has 5 heteroatoms. The Balaban J connectivity index is 1.57. The number of benzene rings is 1. The largest absolute Gasteiger partial charge is 0.465 e. The van der Waals surface area contributed by atoms with Gasteiger partial charge in [-0.1, -0.05) is 12.1 Å². The Bertz CT molecular complexity index is 565. The van der Waals surface area contributed by atoms with Crippen molar-refractivity contribution in [3.05, 3.63) is 35.4 Å². The summed E-state index contributed by atoms with van der Waals surface area (Å²) in [5.74, 6) is -0.277. The van der Waals surface area contributed by atoms with Crippen LogP contribution in [0.4, 0.5) is 0 Å². The van der Waals surface area contributed by atoms with Crippen LogP contribution >= 0.6 is 0 Å². The molecule has 0 spiro atoms. The van der Waals surface area contributed by atoms with Crippen molar-refractivity contribution in [1.82, 2.24) is 9.80 Å². The Labute approximate surface area is 150 Å². The van der Waals surface area contributed by atoms with Crippen molar-refractivity contribution in [2.75, 3.05) is 33.3 Å². The second-order valence-electron chi connectivity index (χ2n) is 7.43. The van der Waals surface area contributed by atoms with E-state index in [1.807, 2.05) is 24.3 Å². The average molecular weight is 346 g/mol. The third kappa shape index (κ3) is 4.81. The van der Waals surface area contributed by atoms with E-state index in [1.165, 1.54) is 25.5 Å². The predicted molar refractivity (Wildman–Crippen MR) is 97.7 cm³/mol. The fraction of sp³-hybridized carbons (Fsp3) is 0.650. The van der Waals surface area contributed by atoms with Gasteiger partial charge in [-0.15, -0.1) is 0 Å². The van der Waals surface area contributed by atoms with Crippen LogP contribution in [0.1, 0.15) is 42.6 Å². The molecule has 138 valence electrons. The SMILES string of the molecule is COC(=O)c1ccc(CN2CCC[C@@H]2CN2C[C@@H](C)O[C@H](C)C2)cc1. The Morgan fingerprint density at radius 3 is 2.52 bits per heavy atom. The molecule has 5 nitrogen and oxygen atoms in total. The minimum atomic E-state index is -0.277. The zero-order chi connectivity index (χ0) is 17.8. The first-order chi connectivity index (χ1) is 12.0. The van der Waals surface area contributed by atoms with Crippen molar-refractivity contribution in [3.63, 3.8) is 0 Å². The Morgan fingerprint density at radius 2 is 1.88 bits per heavy atom. The van der Waals surface area contributed by atoms with Crippen LogP contribution in [-0.2, 0) is 16.0 Å². The molecular formula is C20H30N2O3. The summed E-state index contributed by atoms with van der Waals surface area (Å²) in [4.78, 5) is 16.7. The van der Waals surface area contributed by atoms with Crippen molar-refractivity contribution in [2.45, 2.75) is 51.5 Å². The summed E-state index contributed by atoms with van der Waals surface area (Å²) in [6.45, 7) is 9.61. The molecule has 0 bridgehead atoms. The van der Waals surface area contributed by atoms with E-state index in [4.69, 9.17) is 9.47 Å². The van der Waals surface area contributed by atoms with Gasteiger partial charge in [0, 0.05) is 32.2 Å². The van der Waals surface area contributed by atoms with Gasteiger partial charge in [0.15, 0.2) is 0 Å². The van der Waals surface area contributed by atoms with E-state index in [2.05, 4.69) is 23.6 Å². The number of carbonyl (C=O) groups is 1. The number of hydrogen-bond acceptors (Lipinski definition) is 5. The first-order valence-electron chi connectivity index (χ1n) is 9.34. The molecule has 2 saturated heterocycles. The van der Waals surface area contributed by atoms with Gasteiger partial charge in [0.1, 0.15) is 0 Å². The number of nitrogens with zero attached hydrogens (tertiary/aromatic N) is 2. The number of hydrogen-bond donors (Lipinski definition) is 0. The van der Waals surface area contributed by atoms with Gasteiger partial charge in [-0.05, 0) is 50.9 Å². The monoisotopic (exact) mass is 346 g/mol. The quantitative estimate of drug-likeness (QED) is 0.767. The predicted octanol–water partition coefficient (Wildman–Crippen LogP) is 2.55. The molecule has 0 N–H and O–H groups in total. The standard InChI is InChI=1S/C20H30N2O3/c1-15-11-21(12-16(2)25-15)14-19-5-4-10-22(19)13-17-6-8-18(9-7-17)20(23)24-3/h6-9,15-16,19H,4-5,10-14H2,1-3H3/t15-,16-,19-/m1/s1. The Hall–Kier alpha value is -1.43. The summed E-state index contributed by atoms with van der Waals surface area (Å²) in [6, 6.07) is 8.41. The third-order valence-electron chi connectivity index (χ3n) is 5.22. The van der Waals surface area contributed by atoms with Crippen LogP contribution in [0, 0.1) is 0 Å². The van der Waals surface area contributed by atoms with Crippen molar-refractivity contribution in [1.29, 1.82) is 0 Å². The van der Waals surface area contributed by atoms with Gasteiger partial charge in [-0.25, -0.2) is 4.79 Å². The topological polar surface area (TPSA) is 42.0 Å². The minimum absolute atomic E-state index is 0.277. The average Bonchev–Trinajstić information content (AvgIpc) is 3.00. The molecule has 0 aliphatic carbocycles. The van der Waals surface area contributed by atoms with Crippen LogP contribution in [-0.4, -0.2) is 67.3 Å². The normalized spacial score (nSPS) is 28.2. The molecule has 2 aliphatic rings. The molecule has 25 heavy (non-hydrogen) atoms. The number of esters is 1. The van der Waals surface area contributed by atoms with E-state index in [0.29, 0.717) is 23.8 Å². The van der Waals surface area contributed by atoms with Crippen LogP contribution in [0.15, 0.2) is 24.3 Å². The number of morpholine rings is 1. The lowest BCUT2D eigenvalue weighted by Crippen LogP contribution is -2.50. The smallest absolute Gasteiger partial charge is 0.337 e. The molecule has 1 aromatic carbocycles. The maximum absolute atomic E-state index is 11.5. The van der Waals surface area contributed by atoms with Crippen LogP contribution in [0.3, 0.4) is 0 Å². The molecule has 0 radical (unpaired) electrons. The van der Waals surface area contributed by atoms with Gasteiger partial charge >= 0.3 is 5.97 Å². The van der Waals surface area contributed by atoms with Crippen LogP contribution in [0.25, 0.3) is 0 Å². The van der Waals surface area contributed by atoms with Crippen LogP contribution in [0.2, 0.25) is 0 Å². The lowest BCUT2D eigenvalue weighted by molar-refractivity contribution is -0.0724. The summed E-state index contributed by atoms with van der Waals surface area (Å²) in [5, 5.41) is 0. The summed E-state index contributed by atoms with van der Waals surface area (Å²) >= 11 is 0. The van der Waals surface area contributed by atoms with E-state index in [0.717, 1.165) is 32.7 Å². The number of methoxy groups -OCH3 is 1. The first-order valence-corrected chi connectivity index (χ1v) is 9.34. The molecule has 2 heterocycles. The van der Waals surface area contributed by atoms with E-state index in [-0.39, 0.29) is 5.97 Å². The maximum atomic E-state index is 11.5. The van der Waals surface area contributed by atoms with Crippen molar-refractivity contribution in [2.24, 2.45) is 0 Å². The van der Waals surface area contributed by atoms with Gasteiger partial charge in [0.25, 0.3) is 0 Å². The highest BCUT2D eigenvalue weighted by molar-refractivity contribution is 5.89. The van der Waals surface area contributed by atoms with Gasteiger partial charge in [0.05, 0.1) is 24.9 Å². The molecule has 2 aliphatic heterocycles. The van der Waals surface area contributed by atoms with Crippen LogP contribution in [0.5, 0.6) is 0 Å². The molecule has 0 saturated carbocycles. The summed E-state index contributed by atoms with van der Waals surface area (Å²) in [6.07, 6.45) is 3.18. The lowest BCUT2D eigenvalue weighted by Gasteiger charge is -2.38. The summed E-state index contributed by atoms with van der Waals surface area (Å²) < 4.78 is 10.6. The van der Waals surface area contributed by atoms with Gasteiger partial charge in [0.2, 0.25) is 0 Å². The second-order valence-corrected chi connectivity index (χ2v) is 7.43. The zero-order valence-corrected chi connectivity index (χ0v) is 15.6. The number of carbonyl (C=O) groups excluding carboxylic acids is 1. The van der Waals surface area contributed by atoms with E-state index >= 15 is 0 Å². The summed E-state index contributed by atoms with van der Waals surface area (Å²) in [5.41, 5.74) is 1.86. The highest BCUT2D eigenvalue weighted by Gasteiger charge is 2.29. The fourth-order valence-electron chi connectivity index (χ4n) is 4.14. The van der Waals surface area contributed by atoms with Crippen LogP contribution < -0.4 is 0 Å². The minimum Gasteiger partial charge on any atom is -0.465 e. The molecule has 1 aromatic rings. The molecule has 3 rings (SSSR count). The van der Waals surface area contributed by atoms with Crippen molar-refractivity contribution >= 4 is 5.97 Å². The number of rotatable bonds is 5. The van der Waals surface area contributed by atoms with E-state index in [9.17, 15) is 4.79 Å². The molecule has 0 amide bonds. The van der Waals surface area contributed by atoms with E-state index < -0.39 is 0 Å². The molecule has 0 unspecified atom stereocenters. The fourth-order valence-corrected chi connectivity index (χ4v) is 4.14. The molecule has 2 fully saturated rings. The highest BCUT2D eigenvalue weighted by Crippen LogP contribution is 2.23. The van der Waals surface area contributed by atoms with Crippen molar-refractivity contribution < 1.29 is 14.3 Å². The van der Waals surface area contributed by atoms with Gasteiger partial charge < -0.3 is 9.47 Å². The molecule has 0 aromatic heterocycles. The second kappa shape index (κ2) is 8.30. The number of likely N-dealkylation sites (tertiary alicyclic amines) is 1. The van der Waals surface area contributed by atoms with Gasteiger partial charge in [-0.2, -0.15) is 0 Å². The maximum Gasteiger partial charge on any atom is 0.337 e. The lowest BCUT2D eigenvalue weighted by atomic mass is 10.1. The van der Waals surface area contributed by atoms with E-state index in [1.54, 1.807) is 0 Å². The molecular weight excluding hydrogens is 316 g/mol. The highest BCUT2D eigenvalue weighted by atomic mass is 16.5. The van der Waals surface area contributed by atoms with Crippen molar-refractivity contribution in [3.8, 4) is 0 Å². The first kappa shape index (κ1) is 18.4. The third-order valence-corrected chi connectivity index (χ3v) is 5.22. The Kier molecular flexibility index (Phi) is 6.10.